The first-order chi connectivity index (χ1) is 21.8. The average Bonchev–Trinajstić information content (AvgIpc) is 3.05. The molecule has 0 spiro atoms. The smallest absolute Gasteiger partial charge is 0.187 e. The molecule has 0 bridgehead atoms. The van der Waals surface area contributed by atoms with Crippen LogP contribution in [0.1, 0.15) is 0 Å². The summed E-state index contributed by atoms with van der Waals surface area (Å²) in [6.07, 6.45) is -35.0. The van der Waals surface area contributed by atoms with Gasteiger partial charge in [-0.3, -0.25) is 0 Å². The summed E-state index contributed by atoms with van der Waals surface area (Å²) >= 11 is 0. The second-order valence-corrected chi connectivity index (χ2v) is 11.4. The van der Waals surface area contributed by atoms with E-state index < -0.39 is 149 Å². The Balaban J connectivity index is 1.58. The maximum atomic E-state index is 11.2. The molecule has 4 fully saturated rings. The van der Waals surface area contributed by atoms with Gasteiger partial charge in [0.15, 0.2) is 25.2 Å². The molecule has 0 aromatic heterocycles. The van der Waals surface area contributed by atoms with Crippen molar-refractivity contribution in [1.29, 1.82) is 0 Å². The number of hydrogen-bond acceptors (Lipinski definition) is 21. The summed E-state index contributed by atoms with van der Waals surface area (Å²) in [6.45, 7) is -3.31. The van der Waals surface area contributed by atoms with Gasteiger partial charge in [0.1, 0.15) is 97.7 Å². The first kappa shape index (κ1) is 38.0. The lowest BCUT2D eigenvalue weighted by atomic mass is 9.95. The van der Waals surface area contributed by atoms with Crippen molar-refractivity contribution in [2.45, 2.75) is 123 Å². The van der Waals surface area contributed by atoms with Gasteiger partial charge in [0.05, 0.1) is 26.4 Å². The van der Waals surface area contributed by atoms with Crippen LogP contribution in [0.15, 0.2) is 0 Å². The summed E-state index contributed by atoms with van der Waals surface area (Å²) in [4.78, 5) is 0. The van der Waals surface area contributed by atoms with Crippen molar-refractivity contribution < 1.29 is 104 Å². The van der Waals surface area contributed by atoms with E-state index in [0.29, 0.717) is 0 Å². The van der Waals surface area contributed by atoms with Crippen molar-refractivity contribution in [3.05, 3.63) is 0 Å². The van der Waals surface area contributed by atoms with E-state index in [1.54, 1.807) is 0 Å². The predicted octanol–water partition coefficient (Wildman–Crippen LogP) is -9.09. The van der Waals surface area contributed by atoms with Crippen LogP contribution in [0.5, 0.6) is 0 Å². The van der Waals surface area contributed by atoms with Crippen molar-refractivity contribution in [2.75, 3.05) is 33.5 Å². The van der Waals surface area contributed by atoms with Crippen molar-refractivity contribution in [3.63, 3.8) is 0 Å². The highest BCUT2D eigenvalue weighted by atomic mass is 16.8. The summed E-state index contributed by atoms with van der Waals surface area (Å²) < 4.78 is 43.6. The molecule has 13 N–H and O–H groups in total. The van der Waals surface area contributed by atoms with Crippen LogP contribution in [0.25, 0.3) is 0 Å². The van der Waals surface area contributed by atoms with Gasteiger partial charge in [0.2, 0.25) is 0 Å². The Kier molecular flexibility index (Phi) is 13.4. The van der Waals surface area contributed by atoms with Gasteiger partial charge in [0.25, 0.3) is 0 Å². The summed E-state index contributed by atoms with van der Waals surface area (Å²) in [7, 11) is 1.17. The van der Waals surface area contributed by atoms with Crippen LogP contribution < -0.4 is 0 Å². The van der Waals surface area contributed by atoms with E-state index in [1.165, 1.54) is 7.11 Å². The van der Waals surface area contributed by atoms with Crippen LogP contribution >= 0.6 is 0 Å². The maximum absolute atomic E-state index is 11.2. The third-order valence-corrected chi connectivity index (χ3v) is 8.42. The lowest BCUT2D eigenvalue weighted by Crippen LogP contribution is -2.68. The van der Waals surface area contributed by atoms with E-state index in [4.69, 9.17) is 37.9 Å². The van der Waals surface area contributed by atoms with Gasteiger partial charge in [-0.15, -0.1) is 0 Å². The molecule has 270 valence electrons. The molecule has 4 aliphatic heterocycles. The quantitative estimate of drug-likeness (QED) is 0.0963. The van der Waals surface area contributed by atoms with E-state index in [0.717, 1.165) is 0 Å². The Hall–Kier alpha value is -0.840. The first-order valence-electron chi connectivity index (χ1n) is 14.5. The number of methoxy groups -OCH3 is 1. The van der Waals surface area contributed by atoms with Gasteiger partial charge in [-0.25, -0.2) is 0 Å². The number of aliphatic hydroxyl groups is 13. The van der Waals surface area contributed by atoms with E-state index in [2.05, 4.69) is 0 Å². The lowest BCUT2D eigenvalue weighted by molar-refractivity contribution is -0.396. The molecule has 4 saturated heterocycles. The minimum absolute atomic E-state index is 0.722. The molecular formula is C25H44O21. The highest BCUT2D eigenvalue weighted by molar-refractivity contribution is 4.98. The molecule has 4 rings (SSSR count). The van der Waals surface area contributed by atoms with Gasteiger partial charge in [-0.1, -0.05) is 0 Å². The maximum Gasteiger partial charge on any atom is 0.187 e. The topological polar surface area (TPSA) is 337 Å². The Labute approximate surface area is 261 Å². The number of aliphatic hydroxyl groups excluding tert-OH is 13. The van der Waals surface area contributed by atoms with E-state index in [-0.39, 0.29) is 0 Å². The molecule has 46 heavy (non-hydrogen) atoms. The molecule has 4 heterocycles. The monoisotopic (exact) mass is 680 g/mol. The molecular weight excluding hydrogens is 636 g/mol. The number of hydrogen-bond donors (Lipinski definition) is 13. The van der Waals surface area contributed by atoms with Crippen molar-refractivity contribution in [3.8, 4) is 0 Å². The summed E-state index contributed by atoms with van der Waals surface area (Å²) in [6, 6.07) is 0. The Morgan fingerprint density at radius 1 is 0.370 bits per heavy atom. The van der Waals surface area contributed by atoms with E-state index in [1.807, 2.05) is 0 Å². The highest BCUT2D eigenvalue weighted by Crippen LogP contribution is 2.34. The molecule has 4 aliphatic rings. The largest absolute Gasteiger partial charge is 0.394 e. The first-order valence-corrected chi connectivity index (χ1v) is 14.5. The van der Waals surface area contributed by atoms with Crippen LogP contribution in [0.3, 0.4) is 0 Å². The SMILES string of the molecule is CO[C@H]1O[C@H](CO)[C@@H](O)[C@H](O[C@H]2O[C@H](CO)[C@@H](O)[C@H](O[C@H]3O[C@H](CO)[C@@H](O)[C@H](O)[C@H]3O[C@H]3O[C@H](CO)[C@@H](O)[C@H](O)[C@H]3O)[C@H]2O)[C@@H]1O. The second-order valence-electron chi connectivity index (χ2n) is 11.4. The van der Waals surface area contributed by atoms with Gasteiger partial charge in [-0.2, -0.15) is 0 Å². The second kappa shape index (κ2) is 16.2. The molecule has 21 nitrogen and oxygen atoms in total. The van der Waals surface area contributed by atoms with Gasteiger partial charge < -0.3 is 104 Å². The zero-order valence-corrected chi connectivity index (χ0v) is 24.5. The minimum atomic E-state index is -2.03. The molecule has 0 saturated carbocycles. The molecule has 0 aromatic carbocycles. The van der Waals surface area contributed by atoms with Crippen LogP contribution in [0.2, 0.25) is 0 Å². The Morgan fingerprint density at radius 3 is 1.20 bits per heavy atom. The molecule has 20 atom stereocenters. The van der Waals surface area contributed by atoms with Gasteiger partial charge in [-0.05, 0) is 0 Å². The fourth-order valence-corrected chi connectivity index (χ4v) is 5.69. The van der Waals surface area contributed by atoms with Crippen LogP contribution in [0, 0.1) is 0 Å². The summed E-state index contributed by atoms with van der Waals surface area (Å²) in [5.74, 6) is 0. The molecule has 0 radical (unpaired) electrons. The predicted molar refractivity (Wildman–Crippen MR) is 139 cm³/mol. The Bertz CT molecular complexity index is 916. The molecule has 21 heteroatoms. The third kappa shape index (κ3) is 7.50. The third-order valence-electron chi connectivity index (χ3n) is 8.42. The van der Waals surface area contributed by atoms with Gasteiger partial charge in [0, 0.05) is 7.11 Å². The molecule has 0 amide bonds. The standard InChI is InChI=1S/C25H44O21/c1-39-22-17(37)19(12(32)8(4-28)40-22)44-24-18(38)20(13(33)9(5-29)42-24)45-25-21(15(35)11(31)7(3-27)43-25)46-23-16(36)14(34)10(30)6(2-26)41-23/h6-38H,2-5H2,1H3/t6-,7-,8-,9-,10-,11-,12-,13-,14+,15+,16-,17+,18-,19+,20+,21-,22+,23-,24-,25-/m1/s1. The van der Waals surface area contributed by atoms with Crippen molar-refractivity contribution >= 4 is 0 Å². The van der Waals surface area contributed by atoms with Crippen LogP contribution in [-0.4, -0.2) is 223 Å². The molecule has 0 unspecified atom stereocenters. The van der Waals surface area contributed by atoms with E-state index in [9.17, 15) is 66.4 Å². The average molecular weight is 681 g/mol. The minimum Gasteiger partial charge on any atom is -0.394 e. The highest BCUT2D eigenvalue weighted by Gasteiger charge is 2.55. The number of ether oxygens (including phenoxy) is 8. The molecule has 0 aromatic rings. The normalized spacial score (nSPS) is 52.0. The zero-order chi connectivity index (χ0) is 34.0. The number of rotatable bonds is 11. The van der Waals surface area contributed by atoms with Gasteiger partial charge >= 0.3 is 0 Å². The van der Waals surface area contributed by atoms with Crippen LogP contribution in [-0.2, 0) is 37.9 Å². The fraction of sp³-hybridized carbons (Fsp3) is 1.00. The lowest BCUT2D eigenvalue weighted by Gasteiger charge is -2.49. The van der Waals surface area contributed by atoms with Crippen molar-refractivity contribution in [2.24, 2.45) is 0 Å². The summed E-state index contributed by atoms with van der Waals surface area (Å²) in [5, 5.41) is 134. The summed E-state index contributed by atoms with van der Waals surface area (Å²) in [5.41, 5.74) is 0. The molecule has 0 aliphatic carbocycles. The van der Waals surface area contributed by atoms with E-state index >= 15 is 0 Å². The Morgan fingerprint density at radius 2 is 0.717 bits per heavy atom. The van der Waals surface area contributed by atoms with Crippen molar-refractivity contribution in [1.82, 2.24) is 0 Å². The zero-order valence-electron chi connectivity index (χ0n) is 24.5. The van der Waals surface area contributed by atoms with Crippen LogP contribution in [0.4, 0.5) is 0 Å². The fourth-order valence-electron chi connectivity index (χ4n) is 5.69.